The molecule has 0 saturated heterocycles. The molecule has 5 heteroatoms. The average Bonchev–Trinajstić information content (AvgIpc) is 2.90. The van der Waals surface area contributed by atoms with E-state index >= 15 is 0 Å². The van der Waals surface area contributed by atoms with Gasteiger partial charge in [-0.25, -0.2) is 4.98 Å². The first-order valence-corrected chi connectivity index (χ1v) is 7.90. The summed E-state index contributed by atoms with van der Waals surface area (Å²) in [5, 5.41) is 4.55. The predicted molar refractivity (Wildman–Crippen MR) is 90.2 cm³/mol. The van der Waals surface area contributed by atoms with Crippen LogP contribution in [0.25, 0.3) is 11.0 Å². The molecule has 2 aromatic heterocycles. The number of rotatable bonds is 3. The standard InChI is InChI=1S/C18H19N3O2/c1-12(20-17-6-4-13-7-8-19-18(13)21-17)14-3-5-15-16(11-14)23-10-2-9-22-15/h3-8,11-12H,2,9-10H2,1H3,(H2,19,20,21). The summed E-state index contributed by atoms with van der Waals surface area (Å²) in [6.45, 7) is 3.52. The van der Waals surface area contributed by atoms with E-state index in [1.54, 1.807) is 0 Å². The summed E-state index contributed by atoms with van der Waals surface area (Å²) in [6, 6.07) is 12.3. The lowest BCUT2D eigenvalue weighted by atomic mass is 10.1. The van der Waals surface area contributed by atoms with Crippen LogP contribution in [0.2, 0.25) is 0 Å². The Morgan fingerprint density at radius 2 is 1.96 bits per heavy atom. The zero-order valence-electron chi connectivity index (χ0n) is 13.0. The molecule has 3 heterocycles. The van der Waals surface area contributed by atoms with Gasteiger partial charge in [0.05, 0.1) is 19.3 Å². The fourth-order valence-electron chi connectivity index (χ4n) is 2.77. The molecule has 3 aromatic rings. The molecule has 1 aliphatic heterocycles. The lowest BCUT2D eigenvalue weighted by Gasteiger charge is -2.17. The summed E-state index contributed by atoms with van der Waals surface area (Å²) in [6.07, 6.45) is 2.81. The molecule has 1 aromatic carbocycles. The predicted octanol–water partition coefficient (Wildman–Crippen LogP) is 3.90. The number of ether oxygens (including phenoxy) is 2. The van der Waals surface area contributed by atoms with Crippen LogP contribution >= 0.6 is 0 Å². The number of aromatic amines is 1. The van der Waals surface area contributed by atoms with Gasteiger partial charge < -0.3 is 19.8 Å². The minimum absolute atomic E-state index is 0.118. The summed E-state index contributed by atoms with van der Waals surface area (Å²) in [7, 11) is 0. The third kappa shape index (κ3) is 2.82. The Kier molecular flexibility index (Phi) is 3.54. The van der Waals surface area contributed by atoms with Crippen molar-refractivity contribution in [1.82, 2.24) is 9.97 Å². The van der Waals surface area contributed by atoms with E-state index in [4.69, 9.17) is 9.47 Å². The quantitative estimate of drug-likeness (QED) is 0.770. The van der Waals surface area contributed by atoms with Crippen LogP contribution in [0.1, 0.15) is 24.9 Å². The van der Waals surface area contributed by atoms with Crippen LogP contribution < -0.4 is 14.8 Å². The molecule has 0 saturated carbocycles. The normalized spacial score (nSPS) is 15.2. The van der Waals surface area contributed by atoms with Crippen LogP contribution in [0.15, 0.2) is 42.6 Å². The first-order chi connectivity index (χ1) is 11.3. The van der Waals surface area contributed by atoms with Gasteiger partial charge >= 0.3 is 0 Å². The summed E-state index contributed by atoms with van der Waals surface area (Å²) in [5.41, 5.74) is 2.03. The molecule has 23 heavy (non-hydrogen) atoms. The maximum Gasteiger partial charge on any atom is 0.161 e. The molecule has 4 rings (SSSR count). The Bertz CT molecular complexity index is 828. The van der Waals surface area contributed by atoms with E-state index in [-0.39, 0.29) is 6.04 Å². The summed E-state index contributed by atoms with van der Waals surface area (Å²) < 4.78 is 11.4. The van der Waals surface area contributed by atoms with E-state index in [1.165, 1.54) is 0 Å². The second kappa shape index (κ2) is 5.83. The Balaban J connectivity index is 1.56. The number of anilines is 1. The molecular weight excluding hydrogens is 290 g/mol. The van der Waals surface area contributed by atoms with E-state index in [0.717, 1.165) is 40.3 Å². The van der Waals surface area contributed by atoms with Crippen molar-refractivity contribution in [1.29, 1.82) is 0 Å². The van der Waals surface area contributed by atoms with Gasteiger partial charge in [0.2, 0.25) is 0 Å². The maximum atomic E-state index is 5.76. The van der Waals surface area contributed by atoms with E-state index in [2.05, 4.69) is 34.3 Å². The molecule has 0 amide bonds. The molecule has 1 atom stereocenters. The van der Waals surface area contributed by atoms with Crippen molar-refractivity contribution in [2.75, 3.05) is 18.5 Å². The minimum Gasteiger partial charge on any atom is -0.490 e. The number of hydrogen-bond acceptors (Lipinski definition) is 4. The summed E-state index contributed by atoms with van der Waals surface area (Å²) in [5.74, 6) is 2.49. The van der Waals surface area contributed by atoms with E-state index in [0.29, 0.717) is 13.2 Å². The van der Waals surface area contributed by atoms with E-state index in [9.17, 15) is 0 Å². The van der Waals surface area contributed by atoms with Crippen LogP contribution in [0.3, 0.4) is 0 Å². The van der Waals surface area contributed by atoms with Crippen molar-refractivity contribution in [2.24, 2.45) is 0 Å². The van der Waals surface area contributed by atoms with Crippen molar-refractivity contribution >= 4 is 16.9 Å². The molecule has 0 radical (unpaired) electrons. The third-order valence-corrected chi connectivity index (χ3v) is 4.05. The number of hydrogen-bond donors (Lipinski definition) is 2. The Hall–Kier alpha value is -2.69. The van der Waals surface area contributed by atoms with Gasteiger partial charge in [-0.3, -0.25) is 0 Å². The van der Waals surface area contributed by atoms with Crippen LogP contribution in [0, 0.1) is 0 Å². The molecule has 118 valence electrons. The zero-order chi connectivity index (χ0) is 15.6. The molecule has 0 spiro atoms. The molecule has 0 fully saturated rings. The Labute approximate surface area is 134 Å². The Morgan fingerprint density at radius 3 is 2.87 bits per heavy atom. The number of fused-ring (bicyclic) bond motifs is 2. The highest BCUT2D eigenvalue weighted by molar-refractivity contribution is 5.77. The van der Waals surface area contributed by atoms with Crippen molar-refractivity contribution in [3.63, 3.8) is 0 Å². The van der Waals surface area contributed by atoms with E-state index in [1.807, 2.05) is 30.5 Å². The summed E-state index contributed by atoms with van der Waals surface area (Å²) >= 11 is 0. The SMILES string of the molecule is CC(Nc1ccc2cc[nH]c2n1)c1ccc2c(c1)OCCCO2. The number of aromatic nitrogens is 2. The number of nitrogens with one attached hydrogen (secondary N) is 2. The highest BCUT2D eigenvalue weighted by atomic mass is 16.5. The fraction of sp³-hybridized carbons (Fsp3) is 0.278. The average molecular weight is 309 g/mol. The third-order valence-electron chi connectivity index (χ3n) is 4.05. The molecular formula is C18H19N3O2. The van der Waals surface area contributed by atoms with Crippen LogP contribution in [0.5, 0.6) is 11.5 Å². The number of pyridine rings is 1. The van der Waals surface area contributed by atoms with Crippen LogP contribution in [-0.4, -0.2) is 23.2 Å². The molecule has 0 bridgehead atoms. The molecule has 2 N–H and O–H groups in total. The largest absolute Gasteiger partial charge is 0.490 e. The topological polar surface area (TPSA) is 59.2 Å². The molecule has 1 aliphatic rings. The monoisotopic (exact) mass is 309 g/mol. The van der Waals surface area contributed by atoms with Gasteiger partial charge in [0, 0.05) is 18.0 Å². The molecule has 5 nitrogen and oxygen atoms in total. The maximum absolute atomic E-state index is 5.76. The van der Waals surface area contributed by atoms with Gasteiger partial charge in [-0.1, -0.05) is 6.07 Å². The van der Waals surface area contributed by atoms with Crippen LogP contribution in [0.4, 0.5) is 5.82 Å². The smallest absolute Gasteiger partial charge is 0.161 e. The number of nitrogens with zero attached hydrogens (tertiary/aromatic N) is 1. The second-order valence-corrected chi connectivity index (χ2v) is 5.73. The Morgan fingerprint density at radius 1 is 1.09 bits per heavy atom. The van der Waals surface area contributed by atoms with Gasteiger partial charge in [-0.2, -0.15) is 0 Å². The van der Waals surface area contributed by atoms with Crippen LogP contribution in [-0.2, 0) is 0 Å². The van der Waals surface area contributed by atoms with Gasteiger partial charge in [0.1, 0.15) is 11.5 Å². The van der Waals surface area contributed by atoms with Crippen molar-refractivity contribution < 1.29 is 9.47 Å². The first-order valence-electron chi connectivity index (χ1n) is 7.90. The summed E-state index contributed by atoms with van der Waals surface area (Å²) in [4.78, 5) is 7.71. The second-order valence-electron chi connectivity index (χ2n) is 5.73. The lowest BCUT2D eigenvalue weighted by Crippen LogP contribution is -2.08. The molecule has 1 unspecified atom stereocenters. The highest BCUT2D eigenvalue weighted by Crippen LogP contribution is 2.33. The number of H-pyrrole nitrogens is 1. The first kappa shape index (κ1) is 13.9. The van der Waals surface area contributed by atoms with Gasteiger partial charge in [0.25, 0.3) is 0 Å². The molecule has 0 aliphatic carbocycles. The van der Waals surface area contributed by atoms with Gasteiger partial charge in [-0.05, 0) is 42.8 Å². The van der Waals surface area contributed by atoms with Gasteiger partial charge in [0.15, 0.2) is 11.5 Å². The van der Waals surface area contributed by atoms with E-state index < -0.39 is 0 Å². The van der Waals surface area contributed by atoms with Crippen molar-refractivity contribution in [2.45, 2.75) is 19.4 Å². The minimum atomic E-state index is 0.118. The lowest BCUT2D eigenvalue weighted by molar-refractivity contribution is 0.297. The highest BCUT2D eigenvalue weighted by Gasteiger charge is 2.14. The zero-order valence-corrected chi connectivity index (χ0v) is 13.0. The number of benzene rings is 1. The fourth-order valence-corrected chi connectivity index (χ4v) is 2.77. The van der Waals surface area contributed by atoms with Gasteiger partial charge in [-0.15, -0.1) is 0 Å². The van der Waals surface area contributed by atoms with Crippen molar-refractivity contribution in [3.8, 4) is 11.5 Å². The van der Waals surface area contributed by atoms with Crippen molar-refractivity contribution in [3.05, 3.63) is 48.2 Å².